The van der Waals surface area contributed by atoms with E-state index in [4.69, 9.17) is 5.11 Å². The van der Waals surface area contributed by atoms with E-state index in [2.05, 4.69) is 19.2 Å². The highest BCUT2D eigenvalue weighted by Gasteiger charge is 2.19. The van der Waals surface area contributed by atoms with Crippen LogP contribution < -0.4 is 5.32 Å². The monoisotopic (exact) mass is 328 g/mol. The van der Waals surface area contributed by atoms with Gasteiger partial charge in [-0.05, 0) is 36.5 Å². The van der Waals surface area contributed by atoms with Gasteiger partial charge in [-0.1, -0.05) is 26.0 Å². The lowest BCUT2D eigenvalue weighted by molar-refractivity contribution is 0.204. The van der Waals surface area contributed by atoms with Crippen LogP contribution >= 0.6 is 0 Å². The van der Waals surface area contributed by atoms with E-state index in [0.717, 1.165) is 18.5 Å². The molecular formula is C16H28N2O3S. The number of aliphatic hydroxyl groups is 1. The van der Waals surface area contributed by atoms with Crippen LogP contribution in [0.5, 0.6) is 0 Å². The number of hydrogen-bond acceptors (Lipinski definition) is 4. The minimum absolute atomic E-state index is 0.0250. The minimum Gasteiger partial charge on any atom is -0.396 e. The summed E-state index contributed by atoms with van der Waals surface area (Å²) in [4.78, 5) is 0.300. The zero-order valence-electron chi connectivity index (χ0n) is 14.1. The first-order valence-electron chi connectivity index (χ1n) is 7.47. The second-order valence-corrected chi connectivity index (χ2v) is 8.75. The third-order valence-electron chi connectivity index (χ3n) is 3.83. The summed E-state index contributed by atoms with van der Waals surface area (Å²) >= 11 is 0. The van der Waals surface area contributed by atoms with Crippen LogP contribution in [0.15, 0.2) is 29.2 Å². The van der Waals surface area contributed by atoms with Gasteiger partial charge < -0.3 is 10.4 Å². The topological polar surface area (TPSA) is 69.6 Å². The van der Waals surface area contributed by atoms with Gasteiger partial charge in [0.25, 0.3) is 0 Å². The molecule has 22 heavy (non-hydrogen) atoms. The summed E-state index contributed by atoms with van der Waals surface area (Å²) in [5, 5.41) is 12.5. The maximum absolute atomic E-state index is 12.0. The summed E-state index contributed by atoms with van der Waals surface area (Å²) in [6.45, 7) is 7.22. The minimum atomic E-state index is -3.38. The average Bonchev–Trinajstić information content (AvgIpc) is 2.44. The van der Waals surface area contributed by atoms with Gasteiger partial charge in [0.1, 0.15) is 0 Å². The second kappa shape index (κ2) is 7.55. The van der Waals surface area contributed by atoms with E-state index in [-0.39, 0.29) is 18.1 Å². The van der Waals surface area contributed by atoms with Crippen LogP contribution in [0.25, 0.3) is 0 Å². The zero-order chi connectivity index (χ0) is 17.0. The zero-order valence-corrected chi connectivity index (χ0v) is 14.9. The highest BCUT2D eigenvalue weighted by atomic mass is 32.2. The number of benzene rings is 1. The number of rotatable bonds is 8. The summed E-state index contributed by atoms with van der Waals surface area (Å²) in [6, 6.07) is 7.08. The van der Waals surface area contributed by atoms with E-state index in [1.165, 1.54) is 18.4 Å². The molecule has 5 nitrogen and oxygen atoms in total. The lowest BCUT2D eigenvalue weighted by Crippen LogP contribution is -2.32. The van der Waals surface area contributed by atoms with Crippen molar-refractivity contribution in [2.24, 2.45) is 5.41 Å². The summed E-state index contributed by atoms with van der Waals surface area (Å²) in [6.07, 6.45) is 0.743. The van der Waals surface area contributed by atoms with E-state index >= 15 is 0 Å². The molecular weight excluding hydrogens is 300 g/mol. The fourth-order valence-electron chi connectivity index (χ4n) is 2.08. The number of nitrogens with one attached hydrogen (secondary N) is 1. The molecule has 0 heterocycles. The van der Waals surface area contributed by atoms with Crippen molar-refractivity contribution in [2.75, 3.05) is 27.2 Å². The molecule has 0 aliphatic carbocycles. The Bertz CT molecular complexity index is 566. The molecule has 126 valence electrons. The summed E-state index contributed by atoms with van der Waals surface area (Å²) in [7, 11) is -0.328. The Morgan fingerprint density at radius 1 is 1.23 bits per heavy atom. The third-order valence-corrected chi connectivity index (χ3v) is 5.66. The van der Waals surface area contributed by atoms with Crippen molar-refractivity contribution in [3.05, 3.63) is 29.8 Å². The SMILES string of the molecule is CC(NCC(C)(C)CCO)c1ccc(S(=O)(=O)N(C)C)cc1. The van der Waals surface area contributed by atoms with Gasteiger partial charge in [-0.25, -0.2) is 12.7 Å². The van der Waals surface area contributed by atoms with Gasteiger partial charge in [-0.3, -0.25) is 0 Å². The van der Waals surface area contributed by atoms with Gasteiger partial charge in [0, 0.05) is 33.3 Å². The molecule has 6 heteroatoms. The van der Waals surface area contributed by atoms with Crippen molar-refractivity contribution in [2.45, 2.75) is 38.1 Å². The molecule has 1 aromatic carbocycles. The van der Waals surface area contributed by atoms with Crippen molar-refractivity contribution in [3.63, 3.8) is 0 Å². The number of sulfonamides is 1. The Kier molecular flexibility index (Phi) is 6.55. The molecule has 1 aromatic rings. The normalized spacial score (nSPS) is 14.3. The fraction of sp³-hybridized carbons (Fsp3) is 0.625. The lowest BCUT2D eigenvalue weighted by atomic mass is 9.89. The molecule has 0 fully saturated rings. The maximum atomic E-state index is 12.0. The Morgan fingerprint density at radius 3 is 2.23 bits per heavy atom. The van der Waals surface area contributed by atoms with E-state index in [9.17, 15) is 8.42 Å². The Labute approximate surface area is 134 Å². The predicted octanol–water partition coefficient (Wildman–Crippen LogP) is 2.00. The van der Waals surface area contributed by atoms with Crippen molar-refractivity contribution in [1.29, 1.82) is 0 Å². The van der Waals surface area contributed by atoms with Crippen molar-refractivity contribution in [1.82, 2.24) is 9.62 Å². The average molecular weight is 328 g/mol. The van der Waals surface area contributed by atoms with Gasteiger partial charge in [0.2, 0.25) is 10.0 Å². The number of aliphatic hydroxyl groups excluding tert-OH is 1. The molecule has 1 atom stereocenters. The predicted molar refractivity (Wildman–Crippen MR) is 89.2 cm³/mol. The smallest absolute Gasteiger partial charge is 0.242 e. The van der Waals surface area contributed by atoms with Crippen LogP contribution in [-0.4, -0.2) is 45.1 Å². The van der Waals surface area contributed by atoms with Crippen molar-refractivity contribution < 1.29 is 13.5 Å². The molecule has 0 bridgehead atoms. The van der Waals surface area contributed by atoms with E-state index in [1.807, 2.05) is 19.1 Å². The molecule has 0 spiro atoms. The van der Waals surface area contributed by atoms with Gasteiger partial charge >= 0.3 is 0 Å². The van der Waals surface area contributed by atoms with Crippen LogP contribution in [0, 0.1) is 5.41 Å². The first-order chi connectivity index (χ1) is 10.1. The van der Waals surface area contributed by atoms with Crippen LogP contribution in [0.1, 0.15) is 38.8 Å². The van der Waals surface area contributed by atoms with E-state index < -0.39 is 10.0 Å². The first kappa shape index (κ1) is 19.1. The van der Waals surface area contributed by atoms with Crippen LogP contribution in [0.4, 0.5) is 0 Å². The van der Waals surface area contributed by atoms with Crippen molar-refractivity contribution in [3.8, 4) is 0 Å². The summed E-state index contributed by atoms with van der Waals surface area (Å²) in [5.74, 6) is 0. The summed E-state index contributed by atoms with van der Waals surface area (Å²) in [5.41, 5.74) is 1.06. The van der Waals surface area contributed by atoms with Gasteiger partial charge in [-0.2, -0.15) is 0 Å². The maximum Gasteiger partial charge on any atom is 0.242 e. The largest absolute Gasteiger partial charge is 0.396 e. The highest BCUT2D eigenvalue weighted by Crippen LogP contribution is 2.22. The molecule has 0 radical (unpaired) electrons. The molecule has 0 saturated heterocycles. The third kappa shape index (κ3) is 5.05. The lowest BCUT2D eigenvalue weighted by Gasteiger charge is -2.26. The molecule has 0 saturated carbocycles. The second-order valence-electron chi connectivity index (χ2n) is 6.60. The molecule has 0 amide bonds. The van der Waals surface area contributed by atoms with Gasteiger partial charge in [0.05, 0.1) is 4.90 Å². The van der Waals surface area contributed by atoms with Gasteiger partial charge in [0.15, 0.2) is 0 Å². The standard InChI is InChI=1S/C16H28N2O3S/c1-13(17-12-16(2,3)10-11-19)14-6-8-15(9-7-14)22(20,21)18(4)5/h6-9,13,17,19H,10-12H2,1-5H3. The van der Waals surface area contributed by atoms with E-state index in [1.54, 1.807) is 12.1 Å². The van der Waals surface area contributed by atoms with Crippen molar-refractivity contribution >= 4 is 10.0 Å². The molecule has 1 unspecified atom stereocenters. The van der Waals surface area contributed by atoms with E-state index in [0.29, 0.717) is 4.90 Å². The molecule has 0 aliphatic heterocycles. The Balaban J connectivity index is 2.75. The number of hydrogen-bond donors (Lipinski definition) is 2. The molecule has 2 N–H and O–H groups in total. The first-order valence-corrected chi connectivity index (χ1v) is 8.91. The molecule has 0 aliphatic rings. The molecule has 0 aromatic heterocycles. The molecule has 1 rings (SSSR count). The Hall–Kier alpha value is -0.950. The quantitative estimate of drug-likeness (QED) is 0.766. The highest BCUT2D eigenvalue weighted by molar-refractivity contribution is 7.89. The summed E-state index contributed by atoms with van der Waals surface area (Å²) < 4.78 is 25.3. The van der Waals surface area contributed by atoms with Gasteiger partial charge in [-0.15, -0.1) is 0 Å². The van der Waals surface area contributed by atoms with Crippen LogP contribution in [0.3, 0.4) is 0 Å². The van der Waals surface area contributed by atoms with Crippen LogP contribution in [-0.2, 0) is 10.0 Å². The Morgan fingerprint density at radius 2 is 1.77 bits per heavy atom. The fourth-order valence-corrected chi connectivity index (χ4v) is 2.98. The van der Waals surface area contributed by atoms with Crippen LogP contribution in [0.2, 0.25) is 0 Å². The number of nitrogens with zero attached hydrogens (tertiary/aromatic N) is 1.